The summed E-state index contributed by atoms with van der Waals surface area (Å²) in [5.41, 5.74) is 1.75. The number of benzene rings is 2. The molecule has 0 saturated carbocycles. The van der Waals surface area contributed by atoms with Crippen LogP contribution < -0.4 is 0 Å². The van der Waals surface area contributed by atoms with Gasteiger partial charge in [-0.05, 0) is 36.8 Å². The van der Waals surface area contributed by atoms with Gasteiger partial charge in [-0.25, -0.2) is 4.39 Å². The molecule has 1 aromatic heterocycles. The van der Waals surface area contributed by atoms with Crippen molar-refractivity contribution in [2.45, 2.75) is 26.3 Å². The van der Waals surface area contributed by atoms with E-state index in [1.165, 1.54) is 12.1 Å². The van der Waals surface area contributed by atoms with E-state index in [1.807, 2.05) is 37.3 Å². The van der Waals surface area contributed by atoms with E-state index < -0.39 is 0 Å². The first-order chi connectivity index (χ1) is 12.7. The second-order valence-electron chi connectivity index (χ2n) is 5.90. The highest BCUT2D eigenvalue weighted by atomic mass is 19.1. The third-order valence-electron chi connectivity index (χ3n) is 4.06. The second kappa shape index (κ2) is 8.38. The number of halogens is 1. The van der Waals surface area contributed by atoms with Gasteiger partial charge in [-0.2, -0.15) is 0 Å². The standard InChI is InChI=1S/C20H20FN3O2/c1-2-24(14-15-6-4-3-5-7-15)19(25)13-12-18-22-23-20(26-18)16-8-10-17(21)11-9-16/h3-11H,2,12-14H2,1H3. The predicted octanol–water partition coefficient (Wildman–Crippen LogP) is 3.86. The van der Waals surface area contributed by atoms with Crippen molar-refractivity contribution in [1.82, 2.24) is 15.1 Å². The van der Waals surface area contributed by atoms with Crippen molar-refractivity contribution in [3.8, 4) is 11.5 Å². The minimum Gasteiger partial charge on any atom is -0.421 e. The number of aryl methyl sites for hydroxylation is 1. The number of nitrogens with zero attached hydrogens (tertiary/aromatic N) is 3. The summed E-state index contributed by atoms with van der Waals surface area (Å²) in [5, 5.41) is 7.94. The molecule has 0 radical (unpaired) electrons. The summed E-state index contributed by atoms with van der Waals surface area (Å²) in [6.45, 7) is 3.18. The highest BCUT2D eigenvalue weighted by molar-refractivity contribution is 5.76. The lowest BCUT2D eigenvalue weighted by atomic mass is 10.2. The Morgan fingerprint density at radius 2 is 1.81 bits per heavy atom. The Balaban J connectivity index is 1.57. The minimum absolute atomic E-state index is 0.0397. The topological polar surface area (TPSA) is 59.2 Å². The molecule has 0 fully saturated rings. The fourth-order valence-corrected chi connectivity index (χ4v) is 2.62. The number of hydrogen-bond acceptors (Lipinski definition) is 4. The molecule has 0 atom stereocenters. The lowest BCUT2D eigenvalue weighted by Gasteiger charge is -2.20. The summed E-state index contributed by atoms with van der Waals surface area (Å²) in [4.78, 5) is 14.3. The first-order valence-electron chi connectivity index (χ1n) is 8.55. The molecule has 3 aromatic rings. The van der Waals surface area contributed by atoms with E-state index in [9.17, 15) is 9.18 Å². The van der Waals surface area contributed by atoms with Crippen LogP contribution in [0.3, 0.4) is 0 Å². The number of hydrogen-bond donors (Lipinski definition) is 0. The molecule has 3 rings (SSSR count). The zero-order valence-corrected chi connectivity index (χ0v) is 14.6. The van der Waals surface area contributed by atoms with Crippen LogP contribution in [0.2, 0.25) is 0 Å². The summed E-state index contributed by atoms with van der Waals surface area (Å²) in [5.74, 6) is 0.438. The molecule has 0 aliphatic heterocycles. The molecule has 0 saturated heterocycles. The zero-order chi connectivity index (χ0) is 18.4. The van der Waals surface area contributed by atoms with Crippen LogP contribution in [0.1, 0.15) is 24.8 Å². The summed E-state index contributed by atoms with van der Waals surface area (Å²) in [6.07, 6.45) is 0.671. The first kappa shape index (κ1) is 17.8. The Kier molecular flexibility index (Phi) is 5.73. The zero-order valence-electron chi connectivity index (χ0n) is 14.6. The Hall–Kier alpha value is -3.02. The van der Waals surface area contributed by atoms with Crippen LogP contribution in [0, 0.1) is 5.82 Å². The van der Waals surface area contributed by atoms with Crippen molar-refractivity contribution in [3.05, 3.63) is 71.9 Å². The van der Waals surface area contributed by atoms with E-state index in [2.05, 4.69) is 10.2 Å². The molecule has 0 bridgehead atoms. The molecule has 0 N–H and O–H groups in total. The monoisotopic (exact) mass is 353 g/mol. The maximum Gasteiger partial charge on any atom is 0.247 e. The lowest BCUT2D eigenvalue weighted by Crippen LogP contribution is -2.30. The van der Waals surface area contributed by atoms with Crippen molar-refractivity contribution in [2.75, 3.05) is 6.54 Å². The largest absolute Gasteiger partial charge is 0.421 e. The lowest BCUT2D eigenvalue weighted by molar-refractivity contribution is -0.131. The van der Waals surface area contributed by atoms with Gasteiger partial charge in [0.2, 0.25) is 17.7 Å². The van der Waals surface area contributed by atoms with Crippen molar-refractivity contribution < 1.29 is 13.6 Å². The molecular formula is C20H20FN3O2. The van der Waals surface area contributed by atoms with E-state index >= 15 is 0 Å². The van der Waals surface area contributed by atoms with Gasteiger partial charge in [0.1, 0.15) is 5.82 Å². The molecule has 6 heteroatoms. The van der Waals surface area contributed by atoms with Crippen molar-refractivity contribution in [1.29, 1.82) is 0 Å². The van der Waals surface area contributed by atoms with Gasteiger partial charge in [-0.3, -0.25) is 4.79 Å². The molecule has 0 spiro atoms. The molecule has 0 unspecified atom stereocenters. The fraction of sp³-hybridized carbons (Fsp3) is 0.250. The van der Waals surface area contributed by atoms with Crippen molar-refractivity contribution in [3.63, 3.8) is 0 Å². The number of carbonyl (C=O) groups excluding carboxylic acids is 1. The van der Waals surface area contributed by atoms with Gasteiger partial charge in [0.15, 0.2) is 0 Å². The van der Waals surface area contributed by atoms with Crippen LogP contribution >= 0.6 is 0 Å². The van der Waals surface area contributed by atoms with Gasteiger partial charge in [0.25, 0.3) is 0 Å². The van der Waals surface area contributed by atoms with Gasteiger partial charge in [-0.1, -0.05) is 30.3 Å². The molecule has 1 heterocycles. The van der Waals surface area contributed by atoms with E-state index in [0.717, 1.165) is 5.56 Å². The number of rotatable bonds is 7. The maximum atomic E-state index is 13.0. The van der Waals surface area contributed by atoms with Gasteiger partial charge in [-0.15, -0.1) is 10.2 Å². The van der Waals surface area contributed by atoms with E-state index in [0.29, 0.717) is 43.3 Å². The molecule has 1 amide bonds. The fourth-order valence-electron chi connectivity index (χ4n) is 2.62. The highest BCUT2D eigenvalue weighted by Gasteiger charge is 2.15. The number of amides is 1. The Morgan fingerprint density at radius 3 is 2.50 bits per heavy atom. The SMILES string of the molecule is CCN(Cc1ccccc1)C(=O)CCc1nnc(-c2ccc(F)cc2)o1. The van der Waals surface area contributed by atoms with Gasteiger partial charge in [0, 0.05) is 31.5 Å². The number of aromatic nitrogens is 2. The van der Waals surface area contributed by atoms with Crippen molar-refractivity contribution in [2.24, 2.45) is 0 Å². The Labute approximate surface area is 151 Å². The molecule has 5 nitrogen and oxygen atoms in total. The predicted molar refractivity (Wildman–Crippen MR) is 95.5 cm³/mol. The molecule has 2 aromatic carbocycles. The van der Waals surface area contributed by atoms with Crippen LogP contribution in [0.5, 0.6) is 0 Å². The molecule has 134 valence electrons. The highest BCUT2D eigenvalue weighted by Crippen LogP contribution is 2.18. The summed E-state index contributed by atoms with van der Waals surface area (Å²) >= 11 is 0. The number of carbonyl (C=O) groups is 1. The average molecular weight is 353 g/mol. The van der Waals surface area contributed by atoms with Crippen molar-refractivity contribution >= 4 is 5.91 Å². The van der Waals surface area contributed by atoms with Crippen LogP contribution in [-0.2, 0) is 17.8 Å². The maximum absolute atomic E-state index is 13.0. The van der Waals surface area contributed by atoms with Crippen LogP contribution in [0.4, 0.5) is 4.39 Å². The smallest absolute Gasteiger partial charge is 0.247 e. The third kappa shape index (κ3) is 4.53. The van der Waals surface area contributed by atoms with Gasteiger partial charge < -0.3 is 9.32 Å². The summed E-state index contributed by atoms with van der Waals surface area (Å²) in [6, 6.07) is 15.7. The minimum atomic E-state index is -0.322. The first-order valence-corrected chi connectivity index (χ1v) is 8.55. The average Bonchev–Trinajstić information content (AvgIpc) is 3.14. The van der Waals surface area contributed by atoms with Crippen LogP contribution in [-0.4, -0.2) is 27.5 Å². The summed E-state index contributed by atoms with van der Waals surface area (Å²) < 4.78 is 18.6. The molecule has 0 aliphatic carbocycles. The Bertz CT molecular complexity index is 847. The van der Waals surface area contributed by atoms with E-state index in [-0.39, 0.29) is 11.7 Å². The van der Waals surface area contributed by atoms with E-state index in [4.69, 9.17) is 4.42 Å². The third-order valence-corrected chi connectivity index (χ3v) is 4.06. The van der Waals surface area contributed by atoms with Crippen LogP contribution in [0.25, 0.3) is 11.5 Å². The normalized spacial score (nSPS) is 10.7. The second-order valence-corrected chi connectivity index (χ2v) is 5.90. The quantitative estimate of drug-likeness (QED) is 0.647. The Morgan fingerprint density at radius 1 is 1.08 bits per heavy atom. The van der Waals surface area contributed by atoms with Gasteiger partial charge >= 0.3 is 0 Å². The molecular weight excluding hydrogens is 333 g/mol. The summed E-state index contributed by atoms with van der Waals surface area (Å²) in [7, 11) is 0. The molecule has 0 aliphatic rings. The van der Waals surface area contributed by atoms with Gasteiger partial charge in [0.05, 0.1) is 0 Å². The molecule has 26 heavy (non-hydrogen) atoms. The van der Waals surface area contributed by atoms with Crippen LogP contribution in [0.15, 0.2) is 59.0 Å². The van der Waals surface area contributed by atoms with E-state index in [1.54, 1.807) is 17.0 Å².